The Morgan fingerprint density at radius 2 is 1.78 bits per heavy atom. The highest BCUT2D eigenvalue weighted by Crippen LogP contribution is 2.66. The first-order valence-electron chi connectivity index (χ1n) is 18.8. The number of amides is 2. The van der Waals surface area contributed by atoms with Crippen LogP contribution in [0.25, 0.3) is 0 Å². The lowest BCUT2D eigenvalue weighted by Gasteiger charge is -2.64. The molecule has 8 rings (SSSR count). The highest BCUT2D eigenvalue weighted by molar-refractivity contribution is 6.47. The maximum absolute atomic E-state index is 14.3. The highest BCUT2D eigenvalue weighted by atomic mass is 16.7. The van der Waals surface area contributed by atoms with Crippen LogP contribution in [0.15, 0.2) is 42.0 Å². The smallest absolute Gasteiger partial charge is 0.423 e. The molecule has 3 aliphatic carbocycles. The monoisotopic (exact) mass is 686 g/mol. The van der Waals surface area contributed by atoms with Crippen LogP contribution in [-0.4, -0.2) is 101 Å². The molecule has 10 nitrogen and oxygen atoms in total. The number of hydrogen-bond donors (Lipinski definition) is 0. The number of ether oxygens (including phenoxy) is 2. The SMILES string of the molecule is C[C@@H]1CN(C(C)(C)C=C(C#N)C(=O)N2C3CCC2(OC(=O)N(C)[C@@H](Cc2ccccc2)B2O[C@@H]4C[C@@H]5C[C@@H](C5(C)C)[C@]4(C)O2)CC3)C[C@H](C)O1. The van der Waals surface area contributed by atoms with Gasteiger partial charge in [0, 0.05) is 44.6 Å². The van der Waals surface area contributed by atoms with Crippen molar-refractivity contribution in [3.63, 3.8) is 0 Å². The van der Waals surface area contributed by atoms with E-state index in [4.69, 9.17) is 18.8 Å². The lowest BCUT2D eigenvalue weighted by atomic mass is 9.43. The second-order valence-corrected chi connectivity index (χ2v) is 17.4. The van der Waals surface area contributed by atoms with E-state index in [-0.39, 0.29) is 41.2 Å². The summed E-state index contributed by atoms with van der Waals surface area (Å²) in [4.78, 5) is 34.2. The van der Waals surface area contributed by atoms with E-state index in [0.717, 1.165) is 31.2 Å². The van der Waals surface area contributed by atoms with Gasteiger partial charge in [0.1, 0.15) is 11.6 Å². The molecule has 50 heavy (non-hydrogen) atoms. The number of nitriles is 1. The molecule has 1 aromatic carbocycles. The Morgan fingerprint density at radius 3 is 2.40 bits per heavy atom. The number of likely N-dealkylation sites (N-methyl/N-ethyl adjacent to an activating group) is 1. The average Bonchev–Trinajstić information content (AvgIpc) is 3.73. The van der Waals surface area contributed by atoms with Crippen LogP contribution in [0.1, 0.15) is 92.6 Å². The van der Waals surface area contributed by atoms with Gasteiger partial charge in [-0.1, -0.05) is 44.2 Å². The first-order chi connectivity index (χ1) is 23.6. The zero-order valence-electron chi connectivity index (χ0n) is 31.2. The topological polar surface area (TPSA) is 105 Å². The minimum absolute atomic E-state index is 0.0200. The zero-order chi connectivity index (χ0) is 35.8. The van der Waals surface area contributed by atoms with Crippen molar-refractivity contribution in [1.82, 2.24) is 14.7 Å². The predicted octanol–water partition coefficient (Wildman–Crippen LogP) is 5.75. The van der Waals surface area contributed by atoms with Gasteiger partial charge < -0.3 is 23.7 Å². The molecular formula is C39H55BN4O6. The molecule has 1 aromatic rings. The van der Waals surface area contributed by atoms with Crippen molar-refractivity contribution in [3.05, 3.63) is 47.5 Å². The minimum Gasteiger partial charge on any atom is -0.423 e. The Hall–Kier alpha value is -2.91. The Labute approximate surface area is 298 Å². The molecule has 0 unspecified atom stereocenters. The van der Waals surface area contributed by atoms with Crippen molar-refractivity contribution in [1.29, 1.82) is 5.26 Å². The summed E-state index contributed by atoms with van der Waals surface area (Å²) in [7, 11) is 1.14. The number of benzene rings is 1. The minimum atomic E-state index is -1.10. The third-order valence-corrected chi connectivity index (χ3v) is 13.5. The first-order valence-corrected chi connectivity index (χ1v) is 18.8. The molecule has 4 aliphatic heterocycles. The number of carbonyl (C=O) groups excluding carboxylic acids is 2. The van der Waals surface area contributed by atoms with E-state index < -0.39 is 36.0 Å². The van der Waals surface area contributed by atoms with Gasteiger partial charge in [0.25, 0.3) is 5.91 Å². The van der Waals surface area contributed by atoms with Crippen LogP contribution in [0.3, 0.4) is 0 Å². The summed E-state index contributed by atoms with van der Waals surface area (Å²) >= 11 is 0. The number of hydrogen-bond acceptors (Lipinski definition) is 8. The van der Waals surface area contributed by atoms with Crippen molar-refractivity contribution in [2.24, 2.45) is 17.3 Å². The van der Waals surface area contributed by atoms with E-state index in [9.17, 15) is 14.9 Å². The van der Waals surface area contributed by atoms with Gasteiger partial charge in [0.2, 0.25) is 0 Å². The third kappa shape index (κ3) is 5.88. The van der Waals surface area contributed by atoms with Crippen LogP contribution in [0.2, 0.25) is 0 Å². The number of nitrogens with zero attached hydrogens (tertiary/aromatic N) is 4. The first kappa shape index (κ1) is 35.5. The molecule has 0 N–H and O–H groups in total. The summed E-state index contributed by atoms with van der Waals surface area (Å²) in [6.07, 6.45) is 6.54. The van der Waals surface area contributed by atoms with E-state index in [1.807, 2.05) is 45.9 Å². The molecule has 4 saturated heterocycles. The van der Waals surface area contributed by atoms with Crippen LogP contribution in [0.4, 0.5) is 4.79 Å². The van der Waals surface area contributed by atoms with Gasteiger partial charge >= 0.3 is 13.2 Å². The van der Waals surface area contributed by atoms with Crippen LogP contribution in [-0.2, 0) is 30.0 Å². The van der Waals surface area contributed by atoms with Crippen molar-refractivity contribution < 1.29 is 28.4 Å². The van der Waals surface area contributed by atoms with Crippen molar-refractivity contribution in [2.75, 3.05) is 20.1 Å². The van der Waals surface area contributed by atoms with Crippen LogP contribution >= 0.6 is 0 Å². The third-order valence-electron chi connectivity index (χ3n) is 13.5. The molecule has 7 fully saturated rings. The molecule has 270 valence electrons. The molecule has 11 heteroatoms. The van der Waals surface area contributed by atoms with Gasteiger partial charge in [-0.05, 0) is 95.6 Å². The maximum atomic E-state index is 14.3. The fourth-order valence-corrected chi connectivity index (χ4v) is 10.5. The molecular weight excluding hydrogens is 631 g/mol. The molecule has 0 radical (unpaired) electrons. The Kier molecular flexibility index (Phi) is 8.98. The van der Waals surface area contributed by atoms with Crippen molar-refractivity contribution in [3.8, 4) is 6.07 Å². The predicted molar refractivity (Wildman–Crippen MR) is 189 cm³/mol. The molecule has 2 amide bonds. The Morgan fingerprint density at radius 1 is 1.12 bits per heavy atom. The van der Waals surface area contributed by atoms with Gasteiger partial charge in [-0.15, -0.1) is 0 Å². The fraction of sp³-hybridized carbons (Fsp3) is 0.718. The van der Waals surface area contributed by atoms with E-state index in [2.05, 4.69) is 43.9 Å². The molecule has 4 heterocycles. The van der Waals surface area contributed by atoms with E-state index in [0.29, 0.717) is 44.2 Å². The second-order valence-electron chi connectivity index (χ2n) is 17.4. The quantitative estimate of drug-likeness (QED) is 0.194. The maximum Gasteiger partial charge on any atom is 0.482 e. The van der Waals surface area contributed by atoms with E-state index >= 15 is 0 Å². The van der Waals surface area contributed by atoms with E-state index in [1.165, 1.54) is 0 Å². The summed E-state index contributed by atoms with van der Waals surface area (Å²) in [5.74, 6) is 0.198. The second kappa shape index (κ2) is 12.6. The zero-order valence-corrected chi connectivity index (χ0v) is 31.2. The lowest BCUT2D eigenvalue weighted by molar-refractivity contribution is -0.199. The van der Waals surface area contributed by atoms with Crippen molar-refractivity contribution >= 4 is 19.1 Å². The molecule has 7 aliphatic rings. The van der Waals surface area contributed by atoms with Crippen molar-refractivity contribution in [2.45, 2.75) is 141 Å². The fourth-order valence-electron chi connectivity index (χ4n) is 10.5. The molecule has 3 saturated carbocycles. The van der Waals surface area contributed by atoms with Gasteiger partial charge in [-0.25, -0.2) is 4.79 Å². The number of fused-ring (bicyclic) bond motifs is 2. The number of rotatable bonds is 8. The average molecular weight is 687 g/mol. The van der Waals surface area contributed by atoms with Crippen LogP contribution in [0.5, 0.6) is 0 Å². The standard InChI is InChI=1S/C39H55BN4O6/c1-25-23-43(24-26(2)47-25)36(3,4)21-28(22-41)34(45)44-30-14-16-39(44,17-15-30)48-35(46)42(8)33(18-27-12-10-9-11-13-27)40-49-32-20-29-19-31(37(29,5)6)38(32,7)50-40/h9-13,21,25-26,29-33H,14-20,23-24H2,1-8H3/t25-,26+,29-,30?,31-,32+,33-,38-,39?/m0/s1. The molecule has 7 atom stereocenters. The van der Waals surface area contributed by atoms with Crippen LogP contribution in [0, 0.1) is 28.6 Å². The molecule has 0 spiro atoms. The summed E-state index contributed by atoms with van der Waals surface area (Å²) in [5.41, 5.74) is -0.720. The summed E-state index contributed by atoms with van der Waals surface area (Å²) in [6, 6.07) is 12.2. The van der Waals surface area contributed by atoms with Gasteiger partial charge in [-0.2, -0.15) is 5.26 Å². The Bertz CT molecular complexity index is 1540. The summed E-state index contributed by atoms with van der Waals surface area (Å²) < 4.78 is 26.0. The summed E-state index contributed by atoms with van der Waals surface area (Å²) in [6.45, 7) is 16.4. The van der Waals surface area contributed by atoms with Gasteiger partial charge in [0.05, 0.1) is 29.9 Å². The normalized spacial score (nSPS) is 36.7. The molecule has 0 aromatic heterocycles. The number of carbonyl (C=O) groups is 2. The highest BCUT2D eigenvalue weighted by Gasteiger charge is 2.69. The lowest BCUT2D eigenvalue weighted by Crippen LogP contribution is -2.65. The van der Waals surface area contributed by atoms with E-state index in [1.54, 1.807) is 22.9 Å². The largest absolute Gasteiger partial charge is 0.482 e. The van der Waals surface area contributed by atoms with Crippen LogP contribution < -0.4 is 0 Å². The Balaban J connectivity index is 1.11. The number of morpholine rings is 1. The summed E-state index contributed by atoms with van der Waals surface area (Å²) in [5, 5.41) is 10.3. The molecule has 4 bridgehead atoms. The van der Waals surface area contributed by atoms with Gasteiger partial charge in [0.15, 0.2) is 5.72 Å². The van der Waals surface area contributed by atoms with Gasteiger partial charge in [-0.3, -0.25) is 14.6 Å².